The molecule has 1 aromatic heterocycles. The van der Waals surface area contributed by atoms with Gasteiger partial charge in [0, 0.05) is 16.1 Å². The Morgan fingerprint density at radius 2 is 1.12 bits per heavy atom. The van der Waals surface area contributed by atoms with E-state index in [2.05, 4.69) is 0 Å². The number of hydrogen-bond donors (Lipinski definition) is 0. The van der Waals surface area contributed by atoms with E-state index in [1.807, 2.05) is 13.0 Å². The van der Waals surface area contributed by atoms with Gasteiger partial charge in [0.1, 0.15) is 11.6 Å². The van der Waals surface area contributed by atoms with Crippen molar-refractivity contribution in [2.75, 3.05) is 0 Å². The number of nitrogens with zero attached hydrogens (tertiary/aromatic N) is 2. The lowest BCUT2D eigenvalue weighted by Crippen LogP contribution is -1.96. The SMILES string of the molecule is Cc1cc2nc(-c3ccc(F)cc3)c(-c3ccc(F)cc3)nc2cc1Cl. The second-order valence-electron chi connectivity index (χ2n) is 6.02. The molecule has 0 unspecified atom stereocenters. The lowest BCUT2D eigenvalue weighted by atomic mass is 10.0. The summed E-state index contributed by atoms with van der Waals surface area (Å²) in [6, 6.07) is 15.7. The quantitative estimate of drug-likeness (QED) is 0.422. The molecule has 0 saturated heterocycles. The maximum Gasteiger partial charge on any atom is 0.123 e. The molecule has 2 nitrogen and oxygen atoms in total. The van der Waals surface area contributed by atoms with Crippen molar-refractivity contribution >= 4 is 22.6 Å². The van der Waals surface area contributed by atoms with Crippen LogP contribution in [-0.4, -0.2) is 9.97 Å². The van der Waals surface area contributed by atoms with Gasteiger partial charge in [-0.25, -0.2) is 18.7 Å². The molecule has 0 aliphatic rings. The third-order valence-corrected chi connectivity index (χ3v) is 4.59. The first-order valence-electron chi connectivity index (χ1n) is 8.01. The highest BCUT2D eigenvalue weighted by molar-refractivity contribution is 6.32. The third-order valence-electron chi connectivity index (χ3n) is 4.18. The Bertz CT molecular complexity index is 1020. The summed E-state index contributed by atoms with van der Waals surface area (Å²) in [6.07, 6.45) is 0. The summed E-state index contributed by atoms with van der Waals surface area (Å²) in [5.74, 6) is -0.655. The van der Waals surface area contributed by atoms with Gasteiger partial charge >= 0.3 is 0 Å². The van der Waals surface area contributed by atoms with Crippen molar-refractivity contribution in [3.8, 4) is 22.5 Å². The molecule has 4 aromatic rings. The van der Waals surface area contributed by atoms with Gasteiger partial charge in [-0.1, -0.05) is 11.6 Å². The molecule has 3 aromatic carbocycles. The molecule has 26 heavy (non-hydrogen) atoms. The zero-order valence-electron chi connectivity index (χ0n) is 13.8. The summed E-state index contributed by atoms with van der Waals surface area (Å²) in [5, 5.41) is 0.603. The number of benzene rings is 3. The first-order chi connectivity index (χ1) is 12.5. The van der Waals surface area contributed by atoms with Crippen LogP contribution in [0, 0.1) is 18.6 Å². The van der Waals surface area contributed by atoms with Crippen LogP contribution in [0.2, 0.25) is 5.02 Å². The molecule has 0 amide bonds. The highest BCUT2D eigenvalue weighted by Gasteiger charge is 2.14. The van der Waals surface area contributed by atoms with Gasteiger partial charge in [0.25, 0.3) is 0 Å². The molecule has 1 heterocycles. The predicted molar refractivity (Wildman–Crippen MR) is 100 cm³/mol. The molecule has 128 valence electrons. The van der Waals surface area contributed by atoms with E-state index in [-0.39, 0.29) is 11.6 Å². The van der Waals surface area contributed by atoms with Crippen molar-refractivity contribution in [1.29, 1.82) is 0 Å². The van der Waals surface area contributed by atoms with E-state index in [1.165, 1.54) is 24.3 Å². The zero-order chi connectivity index (χ0) is 18.3. The van der Waals surface area contributed by atoms with E-state index in [0.29, 0.717) is 27.4 Å². The molecule has 0 bridgehead atoms. The van der Waals surface area contributed by atoms with E-state index < -0.39 is 0 Å². The van der Waals surface area contributed by atoms with Gasteiger partial charge in [0.2, 0.25) is 0 Å². The van der Waals surface area contributed by atoms with Crippen molar-refractivity contribution in [2.24, 2.45) is 0 Å². The van der Waals surface area contributed by atoms with Crippen LogP contribution in [0.1, 0.15) is 5.56 Å². The molecule has 0 N–H and O–H groups in total. The molecule has 0 atom stereocenters. The van der Waals surface area contributed by atoms with Gasteiger partial charge in [0.05, 0.1) is 22.4 Å². The monoisotopic (exact) mass is 366 g/mol. The topological polar surface area (TPSA) is 25.8 Å². The van der Waals surface area contributed by atoms with E-state index in [9.17, 15) is 8.78 Å². The van der Waals surface area contributed by atoms with Crippen LogP contribution in [0.15, 0.2) is 60.7 Å². The molecule has 0 radical (unpaired) electrons. The average molecular weight is 367 g/mol. The number of rotatable bonds is 2. The highest BCUT2D eigenvalue weighted by atomic mass is 35.5. The molecule has 0 saturated carbocycles. The van der Waals surface area contributed by atoms with Gasteiger partial charge in [-0.15, -0.1) is 0 Å². The average Bonchev–Trinajstić information content (AvgIpc) is 2.63. The largest absolute Gasteiger partial charge is 0.244 e. The second-order valence-corrected chi connectivity index (χ2v) is 6.43. The van der Waals surface area contributed by atoms with Crippen molar-refractivity contribution < 1.29 is 8.78 Å². The molecule has 0 spiro atoms. The number of fused-ring (bicyclic) bond motifs is 1. The summed E-state index contributed by atoms with van der Waals surface area (Å²) < 4.78 is 26.7. The first kappa shape index (κ1) is 16.6. The van der Waals surface area contributed by atoms with E-state index in [1.54, 1.807) is 30.3 Å². The number of hydrogen-bond acceptors (Lipinski definition) is 2. The zero-order valence-corrected chi connectivity index (χ0v) is 14.6. The molecule has 4 rings (SSSR count). The molecule has 0 aliphatic carbocycles. The Morgan fingerprint density at radius 3 is 1.58 bits per heavy atom. The molecular weight excluding hydrogens is 354 g/mol. The summed E-state index contributed by atoms with van der Waals surface area (Å²) in [6.45, 7) is 1.90. The molecule has 5 heteroatoms. The summed E-state index contributed by atoms with van der Waals surface area (Å²) in [4.78, 5) is 9.45. The van der Waals surface area contributed by atoms with Crippen LogP contribution in [0.5, 0.6) is 0 Å². The first-order valence-corrected chi connectivity index (χ1v) is 8.39. The van der Waals surface area contributed by atoms with Gasteiger partial charge in [0.15, 0.2) is 0 Å². The number of aromatic nitrogens is 2. The van der Waals surface area contributed by atoms with Crippen molar-refractivity contribution in [2.45, 2.75) is 6.92 Å². The van der Waals surface area contributed by atoms with Crippen LogP contribution in [-0.2, 0) is 0 Å². The van der Waals surface area contributed by atoms with Crippen LogP contribution in [0.4, 0.5) is 8.78 Å². The van der Waals surface area contributed by atoms with E-state index in [0.717, 1.165) is 16.7 Å². The van der Waals surface area contributed by atoms with Crippen LogP contribution in [0.3, 0.4) is 0 Å². The molecule has 0 aliphatic heterocycles. The fourth-order valence-electron chi connectivity index (χ4n) is 2.80. The Morgan fingerprint density at radius 1 is 0.692 bits per heavy atom. The summed E-state index contributed by atoms with van der Waals surface area (Å²) in [5.41, 5.74) is 4.87. The normalized spacial score (nSPS) is 11.1. The fraction of sp³-hybridized carbons (Fsp3) is 0.0476. The lowest BCUT2D eigenvalue weighted by Gasteiger charge is -2.11. The Labute approximate surface area is 154 Å². The minimum atomic E-state index is -0.329. The smallest absolute Gasteiger partial charge is 0.123 e. The lowest BCUT2D eigenvalue weighted by molar-refractivity contribution is 0.627. The van der Waals surface area contributed by atoms with Gasteiger partial charge in [-0.2, -0.15) is 0 Å². The summed E-state index contributed by atoms with van der Waals surface area (Å²) >= 11 is 6.22. The minimum absolute atomic E-state index is 0.326. The fourth-order valence-corrected chi connectivity index (χ4v) is 2.96. The van der Waals surface area contributed by atoms with E-state index >= 15 is 0 Å². The number of halogens is 3. The Balaban J connectivity index is 2.02. The minimum Gasteiger partial charge on any atom is -0.244 e. The molecular formula is C21H13ClF2N2. The third kappa shape index (κ3) is 3.04. The predicted octanol–water partition coefficient (Wildman–Crippen LogP) is 6.20. The van der Waals surface area contributed by atoms with Crippen molar-refractivity contribution in [3.05, 3.63) is 82.9 Å². The van der Waals surface area contributed by atoms with Crippen LogP contribution >= 0.6 is 11.6 Å². The van der Waals surface area contributed by atoms with E-state index in [4.69, 9.17) is 21.6 Å². The maximum absolute atomic E-state index is 13.3. The molecule has 0 fully saturated rings. The van der Waals surface area contributed by atoms with Gasteiger partial charge < -0.3 is 0 Å². The second kappa shape index (κ2) is 6.46. The maximum atomic E-state index is 13.3. The Hall–Kier alpha value is -2.85. The van der Waals surface area contributed by atoms with Crippen molar-refractivity contribution in [1.82, 2.24) is 9.97 Å². The van der Waals surface area contributed by atoms with Gasteiger partial charge in [-0.3, -0.25) is 0 Å². The van der Waals surface area contributed by atoms with Crippen LogP contribution in [0.25, 0.3) is 33.5 Å². The van der Waals surface area contributed by atoms with Gasteiger partial charge in [-0.05, 0) is 73.2 Å². The number of aryl methyl sites for hydroxylation is 1. The summed E-state index contributed by atoms with van der Waals surface area (Å²) in [7, 11) is 0. The standard InChI is InChI=1S/C21H13ClF2N2/c1-12-10-18-19(11-17(12)22)26-21(14-4-8-16(24)9-5-14)20(25-18)13-2-6-15(23)7-3-13/h2-11H,1H3. The highest BCUT2D eigenvalue weighted by Crippen LogP contribution is 2.32. The Kier molecular flexibility index (Phi) is 4.13. The van der Waals surface area contributed by atoms with Crippen molar-refractivity contribution in [3.63, 3.8) is 0 Å². The van der Waals surface area contributed by atoms with Crippen LogP contribution < -0.4 is 0 Å².